The van der Waals surface area contributed by atoms with E-state index in [2.05, 4.69) is 25.2 Å². The molecular formula is C22H27ClFN3O. The van der Waals surface area contributed by atoms with Gasteiger partial charge in [0, 0.05) is 11.4 Å². The minimum Gasteiger partial charge on any atom is -0.352 e. The maximum atomic E-state index is 14.1. The molecule has 0 heterocycles. The van der Waals surface area contributed by atoms with Crippen molar-refractivity contribution in [1.29, 1.82) is 5.26 Å². The van der Waals surface area contributed by atoms with Crippen molar-refractivity contribution in [3.8, 4) is 11.9 Å². The molecule has 4 bridgehead atoms. The Kier molecular flexibility index (Phi) is 5.51. The summed E-state index contributed by atoms with van der Waals surface area (Å²) in [6.07, 6.45) is 9.27. The predicted octanol–water partition coefficient (Wildman–Crippen LogP) is 5.83. The Balaban J connectivity index is 1.59. The third-order valence-corrected chi connectivity index (χ3v) is 6.83. The van der Waals surface area contributed by atoms with Gasteiger partial charge in [-0.3, -0.25) is 4.90 Å². The highest BCUT2D eigenvalue weighted by Crippen LogP contribution is 2.55. The van der Waals surface area contributed by atoms with E-state index < -0.39 is 5.82 Å². The molecule has 0 aromatic heterocycles. The fraction of sp³-hybridized carbons (Fsp3) is 0.636. The Morgan fingerprint density at radius 1 is 1.25 bits per heavy atom. The van der Waals surface area contributed by atoms with Gasteiger partial charge in [0.15, 0.2) is 23.6 Å². The Labute approximate surface area is 171 Å². The van der Waals surface area contributed by atoms with Crippen molar-refractivity contribution in [3.05, 3.63) is 29.0 Å². The summed E-state index contributed by atoms with van der Waals surface area (Å²) < 4.78 is 14.1. The van der Waals surface area contributed by atoms with Gasteiger partial charge >= 0.3 is 0 Å². The van der Waals surface area contributed by atoms with Gasteiger partial charge in [-0.15, -0.1) is 0 Å². The summed E-state index contributed by atoms with van der Waals surface area (Å²) in [5.74, 6) is 3.16. The highest BCUT2D eigenvalue weighted by Gasteiger charge is 2.51. The van der Waals surface area contributed by atoms with E-state index in [4.69, 9.17) is 16.4 Å². The van der Waals surface area contributed by atoms with E-state index >= 15 is 0 Å². The van der Waals surface area contributed by atoms with Crippen LogP contribution >= 0.6 is 11.6 Å². The number of amidine groups is 1. The molecule has 0 radical (unpaired) electrons. The van der Waals surface area contributed by atoms with Gasteiger partial charge in [0.2, 0.25) is 0 Å². The number of halogens is 2. The molecule has 0 N–H and O–H groups in total. The van der Waals surface area contributed by atoms with Gasteiger partial charge in [0.1, 0.15) is 0 Å². The molecule has 4 nitrogen and oxygen atoms in total. The highest BCUT2D eigenvalue weighted by molar-refractivity contribution is 6.30. The van der Waals surface area contributed by atoms with Gasteiger partial charge in [0.25, 0.3) is 0 Å². The van der Waals surface area contributed by atoms with E-state index in [1.165, 1.54) is 44.2 Å². The predicted molar refractivity (Wildman–Crippen MR) is 107 cm³/mol. The smallest absolute Gasteiger partial charge is 0.193 e. The molecule has 4 aliphatic rings. The first-order valence-corrected chi connectivity index (χ1v) is 10.7. The van der Waals surface area contributed by atoms with Crippen LogP contribution in [0.25, 0.3) is 0 Å². The molecule has 4 aliphatic carbocycles. The summed E-state index contributed by atoms with van der Waals surface area (Å²) in [5, 5.41) is 14.6. The maximum absolute atomic E-state index is 14.1. The Hall–Kier alpha value is -1.80. The highest BCUT2D eigenvalue weighted by atomic mass is 35.5. The van der Waals surface area contributed by atoms with Crippen LogP contribution in [0, 0.1) is 46.9 Å². The minimum atomic E-state index is -0.557. The number of benzene rings is 1. The first-order valence-electron chi connectivity index (χ1n) is 10.3. The summed E-state index contributed by atoms with van der Waals surface area (Å²) in [7, 11) is 0. The Bertz CT molecular complexity index is 775. The van der Waals surface area contributed by atoms with Crippen molar-refractivity contribution in [2.45, 2.75) is 58.4 Å². The van der Waals surface area contributed by atoms with Gasteiger partial charge < -0.3 is 4.84 Å². The molecule has 1 aromatic carbocycles. The molecule has 4 saturated carbocycles. The molecule has 0 saturated heterocycles. The fourth-order valence-corrected chi connectivity index (χ4v) is 5.97. The second-order valence-electron chi connectivity index (χ2n) is 9.16. The Morgan fingerprint density at radius 2 is 1.89 bits per heavy atom. The quantitative estimate of drug-likeness (QED) is 0.204. The van der Waals surface area contributed by atoms with E-state index in [1.54, 1.807) is 11.0 Å². The van der Waals surface area contributed by atoms with Crippen molar-refractivity contribution in [3.63, 3.8) is 0 Å². The SMILES string of the molecule is CC(C)C/C(=N\Oc1ccc(Cl)cc1F)N(C#N)C1C2CC3CC(C2)CC1C3. The second-order valence-corrected chi connectivity index (χ2v) is 9.60. The number of hydrogen-bond donors (Lipinski definition) is 0. The molecule has 0 atom stereocenters. The van der Waals surface area contributed by atoms with Crippen molar-refractivity contribution in [2.24, 2.45) is 34.7 Å². The number of nitrogens with zero attached hydrogens (tertiary/aromatic N) is 3. The number of rotatable bonds is 5. The van der Waals surface area contributed by atoms with Gasteiger partial charge in [-0.1, -0.05) is 30.6 Å². The molecule has 6 heteroatoms. The molecular weight excluding hydrogens is 377 g/mol. The molecule has 1 aromatic rings. The van der Waals surface area contributed by atoms with Gasteiger partial charge in [-0.25, -0.2) is 4.39 Å². The van der Waals surface area contributed by atoms with Gasteiger partial charge in [-0.2, -0.15) is 5.26 Å². The standard InChI is InChI=1S/C22H27ClFN3O/c1-13(2)5-21(26-28-20-4-3-18(23)11-19(20)24)27(12-25)22-16-7-14-6-15(9-16)10-17(22)8-14/h3-4,11,13-17,22H,5-10H2,1-2H3/b26-21+. The zero-order valence-electron chi connectivity index (χ0n) is 16.4. The largest absolute Gasteiger partial charge is 0.352 e. The normalized spacial score (nSPS) is 31.1. The Morgan fingerprint density at radius 3 is 2.43 bits per heavy atom. The van der Waals surface area contributed by atoms with Crippen molar-refractivity contribution in [1.82, 2.24) is 4.90 Å². The van der Waals surface area contributed by atoms with Crippen LogP contribution in [0.1, 0.15) is 52.4 Å². The van der Waals surface area contributed by atoms with Crippen LogP contribution < -0.4 is 4.84 Å². The molecule has 150 valence electrons. The first-order chi connectivity index (χ1) is 13.4. The molecule has 5 rings (SSSR count). The molecule has 0 amide bonds. The van der Waals surface area contributed by atoms with E-state index in [-0.39, 0.29) is 11.8 Å². The summed E-state index contributed by atoms with van der Waals surface area (Å²) >= 11 is 5.81. The average Bonchev–Trinajstić information content (AvgIpc) is 2.62. The fourth-order valence-electron chi connectivity index (χ4n) is 5.81. The van der Waals surface area contributed by atoms with Crippen LogP contribution in [-0.4, -0.2) is 16.8 Å². The monoisotopic (exact) mass is 403 g/mol. The van der Waals surface area contributed by atoms with E-state index in [0.717, 1.165) is 11.8 Å². The molecule has 0 spiro atoms. The third-order valence-electron chi connectivity index (χ3n) is 6.60. The molecule has 28 heavy (non-hydrogen) atoms. The van der Waals surface area contributed by atoms with Crippen LogP contribution in [0.3, 0.4) is 0 Å². The lowest BCUT2D eigenvalue weighted by Gasteiger charge is -2.56. The van der Waals surface area contributed by atoms with E-state index in [0.29, 0.717) is 35.0 Å². The van der Waals surface area contributed by atoms with E-state index in [9.17, 15) is 9.65 Å². The lowest BCUT2D eigenvalue weighted by Crippen LogP contribution is -2.56. The van der Waals surface area contributed by atoms with Crippen molar-refractivity contribution in [2.75, 3.05) is 0 Å². The molecule has 4 fully saturated rings. The first kappa shape index (κ1) is 19.5. The minimum absolute atomic E-state index is 0.0219. The lowest BCUT2D eigenvalue weighted by molar-refractivity contribution is -0.0334. The summed E-state index contributed by atoms with van der Waals surface area (Å²) in [4.78, 5) is 7.23. The van der Waals surface area contributed by atoms with Gasteiger partial charge in [0.05, 0.1) is 6.04 Å². The van der Waals surface area contributed by atoms with Crippen LogP contribution in [-0.2, 0) is 0 Å². The van der Waals surface area contributed by atoms with Gasteiger partial charge in [-0.05, 0) is 79.9 Å². The van der Waals surface area contributed by atoms with Crippen molar-refractivity contribution < 1.29 is 9.23 Å². The van der Waals surface area contributed by atoms with Crippen molar-refractivity contribution >= 4 is 17.4 Å². The zero-order chi connectivity index (χ0) is 19.8. The molecule has 0 unspecified atom stereocenters. The average molecular weight is 404 g/mol. The van der Waals surface area contributed by atoms with Crippen LogP contribution in [0.15, 0.2) is 23.4 Å². The third kappa shape index (κ3) is 3.85. The van der Waals surface area contributed by atoms with E-state index in [1.807, 2.05) is 0 Å². The zero-order valence-corrected chi connectivity index (χ0v) is 17.2. The summed E-state index contributed by atoms with van der Waals surface area (Å²) in [5.41, 5.74) is 0. The topological polar surface area (TPSA) is 48.6 Å². The van der Waals surface area contributed by atoms with Crippen LogP contribution in [0.2, 0.25) is 5.02 Å². The summed E-state index contributed by atoms with van der Waals surface area (Å²) in [6, 6.07) is 4.44. The molecule has 0 aliphatic heterocycles. The maximum Gasteiger partial charge on any atom is 0.193 e. The van der Waals surface area contributed by atoms with Crippen LogP contribution in [0.4, 0.5) is 4.39 Å². The lowest BCUT2D eigenvalue weighted by atomic mass is 9.54. The summed E-state index contributed by atoms with van der Waals surface area (Å²) in [6.45, 7) is 4.18. The number of hydrogen-bond acceptors (Lipinski definition) is 3. The van der Waals surface area contributed by atoms with Crippen LogP contribution in [0.5, 0.6) is 5.75 Å². The second kappa shape index (κ2) is 7.91. The number of oxime groups is 1. The number of nitriles is 1.